The highest BCUT2D eigenvalue weighted by atomic mass is 16.3. The minimum absolute atomic E-state index is 0.183. The van der Waals surface area contributed by atoms with Crippen LogP contribution in [-0.4, -0.2) is 9.97 Å². The van der Waals surface area contributed by atoms with Crippen LogP contribution in [0.3, 0.4) is 0 Å². The van der Waals surface area contributed by atoms with Crippen molar-refractivity contribution in [3.8, 4) is 0 Å². The summed E-state index contributed by atoms with van der Waals surface area (Å²) in [5.41, 5.74) is 2.16. The fraction of sp³-hybridized carbons (Fsp3) is 0.267. The Hall–Kier alpha value is -2.07. The number of aromatic nitrogens is 2. The lowest BCUT2D eigenvalue weighted by Gasteiger charge is -2.11. The van der Waals surface area contributed by atoms with Crippen molar-refractivity contribution < 1.29 is 4.42 Å². The van der Waals surface area contributed by atoms with Gasteiger partial charge in [0.05, 0.1) is 6.04 Å². The Morgan fingerprint density at radius 2 is 2.21 bits per heavy atom. The van der Waals surface area contributed by atoms with E-state index in [4.69, 9.17) is 4.42 Å². The van der Waals surface area contributed by atoms with Gasteiger partial charge in [0.25, 0.3) is 0 Å². The van der Waals surface area contributed by atoms with Crippen LogP contribution in [0.5, 0.6) is 0 Å². The van der Waals surface area contributed by atoms with E-state index in [9.17, 15) is 0 Å². The van der Waals surface area contributed by atoms with Crippen LogP contribution in [-0.2, 0) is 6.54 Å². The number of hydrogen-bond donors (Lipinski definition) is 2. The molecule has 0 fully saturated rings. The van der Waals surface area contributed by atoms with Gasteiger partial charge < -0.3 is 14.7 Å². The Morgan fingerprint density at radius 1 is 1.37 bits per heavy atom. The maximum Gasteiger partial charge on any atom is 0.134 e. The molecule has 3 aromatic rings. The first kappa shape index (κ1) is 12.0. The van der Waals surface area contributed by atoms with Crippen LogP contribution in [0, 0.1) is 6.92 Å². The number of rotatable bonds is 4. The molecular formula is C15H17N3O. The molecule has 0 radical (unpaired) electrons. The number of hydrogen-bond acceptors (Lipinski definition) is 3. The third-order valence-electron chi connectivity index (χ3n) is 3.41. The number of aromatic amines is 1. The van der Waals surface area contributed by atoms with Crippen LogP contribution in [0.25, 0.3) is 11.0 Å². The van der Waals surface area contributed by atoms with Crippen LogP contribution in [0.4, 0.5) is 0 Å². The van der Waals surface area contributed by atoms with Crippen LogP contribution >= 0.6 is 0 Å². The number of para-hydroxylation sites is 1. The standard InChI is InChI=1S/C15H17N3O/c1-10(15-16-7-8-17-15)18-9-13-11(2)19-14-6-4-3-5-12(13)14/h3-8,10,18H,9H2,1-2H3,(H,16,17). The maximum absolute atomic E-state index is 5.76. The molecule has 0 saturated carbocycles. The van der Waals surface area contributed by atoms with E-state index in [1.807, 2.05) is 31.3 Å². The van der Waals surface area contributed by atoms with Crippen molar-refractivity contribution in [1.82, 2.24) is 15.3 Å². The van der Waals surface area contributed by atoms with Crippen molar-refractivity contribution >= 4 is 11.0 Å². The molecule has 2 N–H and O–H groups in total. The Bertz CT molecular complexity index is 670. The van der Waals surface area contributed by atoms with Gasteiger partial charge in [0.1, 0.15) is 17.2 Å². The van der Waals surface area contributed by atoms with E-state index in [-0.39, 0.29) is 6.04 Å². The summed E-state index contributed by atoms with van der Waals surface area (Å²) in [6.07, 6.45) is 3.61. The van der Waals surface area contributed by atoms with Crippen LogP contribution in [0.15, 0.2) is 41.1 Å². The Morgan fingerprint density at radius 3 is 3.00 bits per heavy atom. The summed E-state index contributed by atoms with van der Waals surface area (Å²) in [5.74, 6) is 1.92. The molecule has 1 unspecified atom stereocenters. The lowest BCUT2D eigenvalue weighted by atomic mass is 10.1. The zero-order chi connectivity index (χ0) is 13.2. The third kappa shape index (κ3) is 2.27. The summed E-state index contributed by atoms with van der Waals surface area (Å²) in [6.45, 7) is 4.87. The zero-order valence-corrected chi connectivity index (χ0v) is 11.1. The normalized spacial score (nSPS) is 12.9. The van der Waals surface area contributed by atoms with Crippen LogP contribution in [0.1, 0.15) is 30.1 Å². The highest BCUT2D eigenvalue weighted by molar-refractivity contribution is 5.82. The number of aryl methyl sites for hydroxylation is 1. The van der Waals surface area contributed by atoms with Crippen molar-refractivity contribution in [3.05, 3.63) is 53.8 Å². The lowest BCUT2D eigenvalue weighted by Crippen LogP contribution is -2.19. The molecule has 0 saturated heterocycles. The van der Waals surface area contributed by atoms with Gasteiger partial charge in [0, 0.05) is 29.9 Å². The molecule has 19 heavy (non-hydrogen) atoms. The smallest absolute Gasteiger partial charge is 0.134 e. The minimum Gasteiger partial charge on any atom is -0.461 e. The topological polar surface area (TPSA) is 53.9 Å². The van der Waals surface area contributed by atoms with Gasteiger partial charge in [-0.3, -0.25) is 0 Å². The summed E-state index contributed by atoms with van der Waals surface area (Å²) in [4.78, 5) is 7.38. The monoisotopic (exact) mass is 255 g/mol. The van der Waals surface area contributed by atoms with Crippen LogP contribution < -0.4 is 5.32 Å². The SMILES string of the molecule is Cc1oc2ccccc2c1CNC(C)c1ncc[nH]1. The molecule has 2 heterocycles. The Kier molecular flexibility index (Phi) is 3.09. The summed E-state index contributed by atoms with van der Waals surface area (Å²) in [5, 5.41) is 4.65. The van der Waals surface area contributed by atoms with Crippen molar-refractivity contribution in [1.29, 1.82) is 0 Å². The fourth-order valence-electron chi connectivity index (χ4n) is 2.31. The predicted octanol–water partition coefficient (Wildman–Crippen LogP) is 3.32. The molecule has 3 rings (SSSR count). The summed E-state index contributed by atoms with van der Waals surface area (Å²) in [6, 6.07) is 8.32. The average Bonchev–Trinajstić information content (AvgIpc) is 3.03. The fourth-order valence-corrected chi connectivity index (χ4v) is 2.31. The molecule has 0 aliphatic rings. The number of fused-ring (bicyclic) bond motifs is 1. The minimum atomic E-state index is 0.183. The molecule has 1 aromatic carbocycles. The van der Waals surface area contributed by atoms with Gasteiger partial charge in [-0.2, -0.15) is 0 Å². The quantitative estimate of drug-likeness (QED) is 0.752. The molecule has 0 aliphatic carbocycles. The number of nitrogens with zero attached hydrogens (tertiary/aromatic N) is 1. The first-order chi connectivity index (χ1) is 9.25. The molecule has 0 amide bonds. The van der Waals surface area contributed by atoms with Gasteiger partial charge in [-0.1, -0.05) is 18.2 Å². The first-order valence-electron chi connectivity index (χ1n) is 6.45. The van der Waals surface area contributed by atoms with Gasteiger partial charge in [-0.15, -0.1) is 0 Å². The Labute approximate surface area is 111 Å². The maximum atomic E-state index is 5.76. The average molecular weight is 255 g/mol. The van der Waals surface area contributed by atoms with Crippen LogP contribution in [0.2, 0.25) is 0 Å². The van der Waals surface area contributed by atoms with Gasteiger partial charge in [0.2, 0.25) is 0 Å². The molecule has 98 valence electrons. The van der Waals surface area contributed by atoms with Gasteiger partial charge >= 0.3 is 0 Å². The molecule has 1 atom stereocenters. The molecule has 0 aliphatic heterocycles. The summed E-state index contributed by atoms with van der Waals surface area (Å²) >= 11 is 0. The van der Waals surface area contributed by atoms with E-state index < -0.39 is 0 Å². The number of imidazole rings is 1. The molecule has 2 aromatic heterocycles. The van der Waals surface area contributed by atoms with E-state index in [0.29, 0.717) is 0 Å². The summed E-state index contributed by atoms with van der Waals surface area (Å²) < 4.78 is 5.76. The number of H-pyrrole nitrogens is 1. The number of furan rings is 1. The highest BCUT2D eigenvalue weighted by Gasteiger charge is 2.12. The molecule has 4 nitrogen and oxygen atoms in total. The van der Waals surface area contributed by atoms with Gasteiger partial charge in [-0.05, 0) is 19.9 Å². The van der Waals surface area contributed by atoms with Crippen molar-refractivity contribution in [2.75, 3.05) is 0 Å². The molecule has 0 spiro atoms. The first-order valence-corrected chi connectivity index (χ1v) is 6.45. The predicted molar refractivity (Wildman–Crippen MR) is 74.8 cm³/mol. The number of nitrogens with one attached hydrogen (secondary N) is 2. The van der Waals surface area contributed by atoms with E-state index in [1.54, 1.807) is 6.20 Å². The lowest BCUT2D eigenvalue weighted by molar-refractivity contribution is 0.532. The van der Waals surface area contributed by atoms with Crippen molar-refractivity contribution in [2.24, 2.45) is 0 Å². The second-order valence-electron chi connectivity index (χ2n) is 4.71. The van der Waals surface area contributed by atoms with Gasteiger partial charge in [-0.25, -0.2) is 4.98 Å². The third-order valence-corrected chi connectivity index (χ3v) is 3.41. The van der Waals surface area contributed by atoms with E-state index >= 15 is 0 Å². The largest absolute Gasteiger partial charge is 0.461 e. The van der Waals surface area contributed by atoms with Gasteiger partial charge in [0.15, 0.2) is 0 Å². The molecular weight excluding hydrogens is 238 g/mol. The highest BCUT2D eigenvalue weighted by Crippen LogP contribution is 2.25. The second-order valence-corrected chi connectivity index (χ2v) is 4.71. The van der Waals surface area contributed by atoms with E-state index in [1.165, 1.54) is 10.9 Å². The Balaban J connectivity index is 1.80. The number of benzene rings is 1. The summed E-state index contributed by atoms with van der Waals surface area (Å²) in [7, 11) is 0. The molecule has 4 heteroatoms. The van der Waals surface area contributed by atoms with Crippen molar-refractivity contribution in [3.63, 3.8) is 0 Å². The van der Waals surface area contributed by atoms with E-state index in [2.05, 4.69) is 28.3 Å². The molecule has 0 bridgehead atoms. The second kappa shape index (κ2) is 4.90. The van der Waals surface area contributed by atoms with Crippen molar-refractivity contribution in [2.45, 2.75) is 26.4 Å². The van der Waals surface area contributed by atoms with E-state index in [0.717, 1.165) is 23.7 Å². The zero-order valence-electron chi connectivity index (χ0n) is 11.1.